The number of hydrogen-bond donors (Lipinski definition) is 0. The SMILES string of the molecule is CC1(C)c2ccccc2-c2c(-c3cccc(-c4c5ccccc5c(-c5ccccc5)c5ccccc45)c3)cc3oc4cc5ccccc5cc4c3c21. The van der Waals surface area contributed by atoms with Crippen molar-refractivity contribution >= 4 is 54.3 Å². The summed E-state index contributed by atoms with van der Waals surface area (Å²) in [6.07, 6.45) is 0. The van der Waals surface area contributed by atoms with Crippen molar-refractivity contribution in [3.63, 3.8) is 0 Å². The molecular weight excluding hydrogens is 629 g/mol. The van der Waals surface area contributed by atoms with E-state index >= 15 is 0 Å². The van der Waals surface area contributed by atoms with Gasteiger partial charge in [-0.2, -0.15) is 0 Å². The largest absolute Gasteiger partial charge is 0.456 e. The van der Waals surface area contributed by atoms with Gasteiger partial charge in [0.25, 0.3) is 0 Å². The lowest BCUT2D eigenvalue weighted by atomic mass is 9.79. The van der Waals surface area contributed by atoms with Crippen LogP contribution in [0.2, 0.25) is 0 Å². The van der Waals surface area contributed by atoms with Gasteiger partial charge in [-0.25, -0.2) is 0 Å². The van der Waals surface area contributed by atoms with Crippen molar-refractivity contribution in [1.29, 1.82) is 0 Å². The van der Waals surface area contributed by atoms with E-state index in [0.717, 1.165) is 11.2 Å². The van der Waals surface area contributed by atoms with Crippen LogP contribution < -0.4 is 0 Å². The van der Waals surface area contributed by atoms with Gasteiger partial charge in [-0.1, -0.05) is 159 Å². The van der Waals surface area contributed by atoms with E-state index in [1.165, 1.54) is 98.7 Å². The summed E-state index contributed by atoms with van der Waals surface area (Å²) in [4.78, 5) is 0. The summed E-state index contributed by atoms with van der Waals surface area (Å²) in [5.41, 5.74) is 14.4. The van der Waals surface area contributed by atoms with Crippen molar-refractivity contribution in [3.8, 4) is 44.5 Å². The molecule has 0 spiro atoms. The summed E-state index contributed by atoms with van der Waals surface area (Å²) >= 11 is 0. The van der Waals surface area contributed by atoms with Crippen molar-refractivity contribution in [3.05, 3.63) is 181 Å². The summed E-state index contributed by atoms with van der Waals surface area (Å²) in [7, 11) is 0. The minimum absolute atomic E-state index is 0.208. The third-order valence-corrected chi connectivity index (χ3v) is 11.6. The third-order valence-electron chi connectivity index (χ3n) is 11.6. The highest BCUT2D eigenvalue weighted by Gasteiger charge is 2.40. The average molecular weight is 663 g/mol. The van der Waals surface area contributed by atoms with Gasteiger partial charge in [0.1, 0.15) is 11.2 Å². The molecule has 10 aromatic rings. The lowest BCUT2D eigenvalue weighted by Crippen LogP contribution is -2.15. The maximum absolute atomic E-state index is 6.83. The van der Waals surface area contributed by atoms with Crippen molar-refractivity contribution in [2.45, 2.75) is 19.3 Å². The molecule has 1 nitrogen and oxygen atoms in total. The van der Waals surface area contributed by atoms with Gasteiger partial charge < -0.3 is 4.42 Å². The van der Waals surface area contributed by atoms with Crippen LogP contribution in [0.1, 0.15) is 25.0 Å². The monoisotopic (exact) mass is 662 g/mol. The molecule has 1 aliphatic carbocycles. The zero-order valence-corrected chi connectivity index (χ0v) is 29.1. The molecule has 0 radical (unpaired) electrons. The Labute approximate surface area is 302 Å². The van der Waals surface area contributed by atoms with E-state index in [4.69, 9.17) is 4.42 Å². The Morgan fingerprint density at radius 1 is 0.385 bits per heavy atom. The number of hydrogen-bond acceptors (Lipinski definition) is 1. The lowest BCUT2D eigenvalue weighted by Gasteiger charge is -2.23. The van der Waals surface area contributed by atoms with Crippen LogP contribution in [-0.2, 0) is 5.41 Å². The Balaban J connectivity index is 1.22. The minimum atomic E-state index is -0.208. The van der Waals surface area contributed by atoms with Gasteiger partial charge in [-0.3, -0.25) is 0 Å². The highest BCUT2D eigenvalue weighted by Crippen LogP contribution is 2.57. The van der Waals surface area contributed by atoms with E-state index < -0.39 is 0 Å². The number of fused-ring (bicyclic) bond motifs is 10. The van der Waals surface area contributed by atoms with Gasteiger partial charge in [-0.05, 0) is 112 Å². The maximum atomic E-state index is 6.83. The van der Waals surface area contributed by atoms with E-state index in [1.54, 1.807) is 0 Å². The molecular formula is C51H34O. The minimum Gasteiger partial charge on any atom is -0.456 e. The van der Waals surface area contributed by atoms with Crippen LogP contribution in [0, 0.1) is 0 Å². The Morgan fingerprint density at radius 3 is 1.65 bits per heavy atom. The van der Waals surface area contributed by atoms with Crippen LogP contribution in [-0.4, -0.2) is 0 Å². The van der Waals surface area contributed by atoms with E-state index in [2.05, 4.69) is 184 Å². The third kappa shape index (κ3) is 4.05. The Kier molecular flexibility index (Phi) is 6.08. The first-order valence-corrected chi connectivity index (χ1v) is 18.2. The summed E-state index contributed by atoms with van der Waals surface area (Å²) in [6, 6.07) is 62.2. The van der Waals surface area contributed by atoms with Crippen LogP contribution in [0.25, 0.3) is 98.8 Å². The molecule has 0 saturated carbocycles. The van der Waals surface area contributed by atoms with Crippen molar-refractivity contribution in [2.75, 3.05) is 0 Å². The van der Waals surface area contributed by atoms with Crippen LogP contribution >= 0.6 is 0 Å². The van der Waals surface area contributed by atoms with Gasteiger partial charge >= 0.3 is 0 Å². The fourth-order valence-electron chi connectivity index (χ4n) is 9.33. The topological polar surface area (TPSA) is 13.1 Å². The lowest BCUT2D eigenvalue weighted by molar-refractivity contribution is 0.657. The molecule has 9 aromatic carbocycles. The van der Waals surface area contributed by atoms with E-state index in [9.17, 15) is 0 Å². The van der Waals surface area contributed by atoms with Gasteiger partial charge in [0.05, 0.1) is 0 Å². The smallest absolute Gasteiger partial charge is 0.136 e. The summed E-state index contributed by atoms with van der Waals surface area (Å²) in [6.45, 7) is 4.76. The zero-order valence-electron chi connectivity index (χ0n) is 29.1. The molecule has 0 amide bonds. The van der Waals surface area contributed by atoms with E-state index in [1.807, 2.05) is 0 Å². The standard InChI is InChI=1S/C51H34O/c1-51(2)43-26-13-12-25-40(43)48-41(30-45-49(50(48)51)42-28-32-17-6-7-18-33(32)29-44(42)52-45)34-19-14-20-35(27-34)47-38-23-10-8-21-36(38)46(31-15-4-3-5-16-31)37-22-9-11-24-39(37)47/h3-30H,1-2H3. The Bertz CT molecular complexity index is 3030. The Morgan fingerprint density at radius 2 is 0.942 bits per heavy atom. The van der Waals surface area contributed by atoms with Gasteiger partial charge in [0, 0.05) is 16.2 Å². The predicted octanol–water partition coefficient (Wildman–Crippen LogP) is 14.4. The second-order valence-corrected chi connectivity index (χ2v) is 14.8. The first kappa shape index (κ1) is 29.3. The number of furan rings is 1. The fraction of sp³-hybridized carbons (Fsp3) is 0.0588. The molecule has 1 aromatic heterocycles. The average Bonchev–Trinajstić information content (AvgIpc) is 3.66. The van der Waals surface area contributed by atoms with Gasteiger partial charge in [-0.15, -0.1) is 0 Å². The molecule has 0 saturated heterocycles. The van der Waals surface area contributed by atoms with Crippen molar-refractivity contribution in [1.82, 2.24) is 0 Å². The highest BCUT2D eigenvalue weighted by atomic mass is 16.3. The summed E-state index contributed by atoms with van der Waals surface area (Å²) in [5, 5.41) is 9.88. The van der Waals surface area contributed by atoms with Crippen molar-refractivity contribution in [2.24, 2.45) is 0 Å². The summed E-state index contributed by atoms with van der Waals surface area (Å²) < 4.78 is 6.83. The Hall–Kier alpha value is -6.44. The number of rotatable bonds is 3. The fourth-order valence-corrected chi connectivity index (χ4v) is 9.33. The molecule has 0 atom stereocenters. The highest BCUT2D eigenvalue weighted by molar-refractivity contribution is 6.22. The molecule has 0 aliphatic heterocycles. The second-order valence-electron chi connectivity index (χ2n) is 14.8. The maximum Gasteiger partial charge on any atom is 0.136 e. The van der Waals surface area contributed by atoms with Crippen LogP contribution in [0.5, 0.6) is 0 Å². The quantitative estimate of drug-likeness (QED) is 0.172. The zero-order chi connectivity index (χ0) is 34.6. The first-order valence-electron chi connectivity index (χ1n) is 18.2. The van der Waals surface area contributed by atoms with Crippen LogP contribution in [0.3, 0.4) is 0 Å². The molecule has 244 valence electrons. The predicted molar refractivity (Wildman–Crippen MR) is 220 cm³/mol. The van der Waals surface area contributed by atoms with Crippen LogP contribution in [0.4, 0.5) is 0 Å². The molecule has 0 bridgehead atoms. The van der Waals surface area contributed by atoms with E-state index in [0.29, 0.717) is 0 Å². The molecule has 0 unspecified atom stereocenters. The molecule has 1 heterocycles. The molecule has 0 fully saturated rings. The van der Waals surface area contributed by atoms with E-state index in [-0.39, 0.29) is 5.41 Å². The molecule has 0 N–H and O–H groups in total. The van der Waals surface area contributed by atoms with Crippen LogP contribution in [0.15, 0.2) is 174 Å². The number of benzene rings is 9. The second kappa shape index (κ2) is 10.8. The summed E-state index contributed by atoms with van der Waals surface area (Å²) in [5.74, 6) is 0. The molecule has 52 heavy (non-hydrogen) atoms. The molecule has 1 aliphatic rings. The molecule has 1 heteroatoms. The van der Waals surface area contributed by atoms with Crippen molar-refractivity contribution < 1.29 is 4.42 Å². The van der Waals surface area contributed by atoms with Gasteiger partial charge in [0.15, 0.2) is 0 Å². The molecule has 11 rings (SSSR count). The van der Waals surface area contributed by atoms with Gasteiger partial charge in [0.2, 0.25) is 0 Å². The first-order chi connectivity index (χ1) is 25.6. The normalized spacial score (nSPS) is 13.3.